The Balaban J connectivity index is 2.26. The highest BCUT2D eigenvalue weighted by molar-refractivity contribution is 6.31. The highest BCUT2D eigenvalue weighted by atomic mass is 35.5. The van der Waals surface area contributed by atoms with Gasteiger partial charge in [0.25, 0.3) is 0 Å². The van der Waals surface area contributed by atoms with Gasteiger partial charge in [-0.05, 0) is 38.1 Å². The summed E-state index contributed by atoms with van der Waals surface area (Å²) in [7, 11) is 0. The third-order valence-electron chi connectivity index (χ3n) is 4.10. The van der Waals surface area contributed by atoms with E-state index in [4.69, 9.17) is 32.1 Å². The van der Waals surface area contributed by atoms with Gasteiger partial charge in [0.15, 0.2) is 5.69 Å². The van der Waals surface area contributed by atoms with E-state index in [2.05, 4.69) is 10.2 Å². The number of rotatable bonds is 5. The summed E-state index contributed by atoms with van der Waals surface area (Å²) in [6.45, 7) is 10.6. The minimum absolute atomic E-state index is 0.0581. The zero-order valence-corrected chi connectivity index (χ0v) is 17.3. The quantitative estimate of drug-likeness (QED) is 0.445. The molecular weight excluding hydrogens is 429 g/mol. The molecule has 1 N–H and O–H groups in total. The Morgan fingerprint density at radius 3 is 2.58 bits per heavy atom. The highest BCUT2D eigenvalue weighted by Gasteiger charge is 2.29. The van der Waals surface area contributed by atoms with E-state index in [-0.39, 0.29) is 41.1 Å². The number of benzene rings is 2. The van der Waals surface area contributed by atoms with Crippen LogP contribution in [0.3, 0.4) is 0 Å². The third kappa shape index (κ3) is 4.54. The second kappa shape index (κ2) is 9.36. The van der Waals surface area contributed by atoms with Crippen LogP contribution in [-0.4, -0.2) is 25.4 Å². The van der Waals surface area contributed by atoms with Crippen molar-refractivity contribution in [1.29, 1.82) is 0 Å². The fraction of sp³-hybridized carbons (Fsp3) is 0.190. The molecule has 3 aromatic rings. The highest BCUT2D eigenvalue weighted by Crippen LogP contribution is 2.43. The minimum Gasteiger partial charge on any atom is -0.450 e. The Labute approximate surface area is 181 Å². The number of anilines is 3. The van der Waals surface area contributed by atoms with Crippen LogP contribution in [0.15, 0.2) is 40.8 Å². The first kappa shape index (κ1) is 21.9. The average Bonchev–Trinajstić information content (AvgIpc) is 3.07. The summed E-state index contributed by atoms with van der Waals surface area (Å²) in [5.41, 5.74) is 0.815. The molecule has 0 aliphatic carbocycles. The molecule has 0 saturated carbocycles. The zero-order valence-electron chi connectivity index (χ0n) is 16.6. The fourth-order valence-corrected chi connectivity index (χ4v) is 3.02. The van der Waals surface area contributed by atoms with Gasteiger partial charge in [0, 0.05) is 5.39 Å². The van der Waals surface area contributed by atoms with Crippen molar-refractivity contribution in [2.75, 3.05) is 23.4 Å². The Morgan fingerprint density at radius 2 is 1.94 bits per heavy atom. The van der Waals surface area contributed by atoms with Gasteiger partial charge < -0.3 is 13.9 Å². The lowest BCUT2D eigenvalue weighted by atomic mass is 10.2. The summed E-state index contributed by atoms with van der Waals surface area (Å²) >= 11 is 5.92. The molecule has 160 valence electrons. The van der Waals surface area contributed by atoms with Gasteiger partial charge in [-0.25, -0.2) is 23.7 Å². The smallest absolute Gasteiger partial charge is 0.419 e. The number of amides is 2. The van der Waals surface area contributed by atoms with Crippen molar-refractivity contribution in [3.05, 3.63) is 58.7 Å². The predicted molar refractivity (Wildman–Crippen MR) is 114 cm³/mol. The maximum absolute atomic E-state index is 13.7. The number of fused-ring (bicyclic) bond motifs is 1. The largest absolute Gasteiger partial charge is 0.450 e. The molecule has 1 heterocycles. The SMILES string of the molecule is [C-]#[N+]c1ccc2c(N(C(=O)OCC)c3ccc(F)c(Cl)c3)c(NC(=O)OCC)oc2c1. The molecule has 3 rings (SSSR count). The molecule has 10 heteroatoms. The molecule has 0 atom stereocenters. The topological polar surface area (TPSA) is 85.4 Å². The van der Waals surface area contributed by atoms with Crippen molar-refractivity contribution in [2.24, 2.45) is 0 Å². The lowest BCUT2D eigenvalue weighted by Gasteiger charge is -2.22. The second-order valence-electron chi connectivity index (χ2n) is 6.05. The van der Waals surface area contributed by atoms with E-state index in [0.717, 1.165) is 11.0 Å². The van der Waals surface area contributed by atoms with Gasteiger partial charge in [-0.3, -0.25) is 5.32 Å². The lowest BCUT2D eigenvalue weighted by molar-refractivity contribution is 0.162. The average molecular weight is 446 g/mol. The van der Waals surface area contributed by atoms with Crippen molar-refractivity contribution in [2.45, 2.75) is 13.8 Å². The van der Waals surface area contributed by atoms with E-state index >= 15 is 0 Å². The Morgan fingerprint density at radius 1 is 1.19 bits per heavy atom. The monoisotopic (exact) mass is 445 g/mol. The summed E-state index contributed by atoms with van der Waals surface area (Å²) in [5, 5.41) is 2.63. The number of carbonyl (C=O) groups is 2. The zero-order chi connectivity index (χ0) is 22.5. The Bertz CT molecular complexity index is 1190. The van der Waals surface area contributed by atoms with E-state index in [1.165, 1.54) is 24.3 Å². The summed E-state index contributed by atoms with van der Waals surface area (Å²) in [4.78, 5) is 29.4. The second-order valence-corrected chi connectivity index (χ2v) is 6.46. The van der Waals surface area contributed by atoms with E-state index < -0.39 is 18.0 Å². The summed E-state index contributed by atoms with van der Waals surface area (Å²) in [6, 6.07) is 8.23. The molecular formula is C21H17ClFN3O5. The molecule has 0 aliphatic rings. The van der Waals surface area contributed by atoms with Gasteiger partial charge in [-0.2, -0.15) is 0 Å². The number of halogens is 2. The Hall–Kier alpha value is -3.77. The number of hydrogen-bond acceptors (Lipinski definition) is 5. The lowest BCUT2D eigenvalue weighted by Crippen LogP contribution is -2.28. The van der Waals surface area contributed by atoms with Crippen molar-refractivity contribution >= 4 is 57.7 Å². The van der Waals surface area contributed by atoms with Crippen LogP contribution in [-0.2, 0) is 9.47 Å². The molecule has 8 nitrogen and oxygen atoms in total. The molecule has 2 amide bonds. The maximum atomic E-state index is 13.7. The van der Waals surface area contributed by atoms with Crippen LogP contribution >= 0.6 is 11.6 Å². The Kier molecular flexibility index (Phi) is 6.62. The third-order valence-corrected chi connectivity index (χ3v) is 4.39. The number of ether oxygens (including phenoxy) is 2. The molecule has 0 saturated heterocycles. The van der Waals surface area contributed by atoms with Crippen LogP contribution in [0.4, 0.5) is 36.9 Å². The molecule has 0 unspecified atom stereocenters. The number of nitrogens with one attached hydrogen (secondary N) is 1. The van der Waals surface area contributed by atoms with Crippen LogP contribution < -0.4 is 10.2 Å². The van der Waals surface area contributed by atoms with Gasteiger partial charge >= 0.3 is 12.2 Å². The van der Waals surface area contributed by atoms with E-state index in [1.54, 1.807) is 19.9 Å². The first-order chi connectivity index (χ1) is 14.9. The molecule has 0 bridgehead atoms. The molecule has 0 fully saturated rings. The molecule has 0 spiro atoms. The predicted octanol–water partition coefficient (Wildman–Crippen LogP) is 6.64. The van der Waals surface area contributed by atoms with Gasteiger partial charge in [0.1, 0.15) is 17.1 Å². The molecule has 0 radical (unpaired) electrons. The number of nitrogens with zero attached hydrogens (tertiary/aromatic N) is 2. The molecule has 0 aliphatic heterocycles. The summed E-state index contributed by atoms with van der Waals surface area (Å²) in [5.74, 6) is -0.790. The fourth-order valence-electron chi connectivity index (χ4n) is 2.85. The first-order valence-corrected chi connectivity index (χ1v) is 9.57. The van der Waals surface area contributed by atoms with Crippen LogP contribution in [0.1, 0.15) is 13.8 Å². The van der Waals surface area contributed by atoms with Crippen molar-refractivity contribution in [1.82, 2.24) is 0 Å². The molecule has 1 aromatic heterocycles. The van der Waals surface area contributed by atoms with Crippen LogP contribution in [0.2, 0.25) is 5.02 Å². The molecule has 2 aromatic carbocycles. The van der Waals surface area contributed by atoms with Crippen LogP contribution in [0.5, 0.6) is 0 Å². The van der Waals surface area contributed by atoms with Gasteiger partial charge in [-0.1, -0.05) is 23.7 Å². The summed E-state index contributed by atoms with van der Waals surface area (Å²) < 4.78 is 29.5. The van der Waals surface area contributed by atoms with Crippen LogP contribution in [0.25, 0.3) is 15.8 Å². The van der Waals surface area contributed by atoms with E-state index in [1.807, 2.05) is 0 Å². The number of hydrogen-bond donors (Lipinski definition) is 1. The number of carbonyl (C=O) groups excluding carboxylic acids is 2. The minimum atomic E-state index is -0.811. The first-order valence-electron chi connectivity index (χ1n) is 9.19. The number of furan rings is 1. The van der Waals surface area contributed by atoms with Crippen LogP contribution in [0, 0.1) is 12.4 Å². The van der Waals surface area contributed by atoms with Gasteiger partial charge in [0.05, 0.1) is 30.5 Å². The maximum Gasteiger partial charge on any atom is 0.419 e. The van der Waals surface area contributed by atoms with Crippen molar-refractivity contribution in [3.8, 4) is 0 Å². The van der Waals surface area contributed by atoms with E-state index in [0.29, 0.717) is 11.1 Å². The van der Waals surface area contributed by atoms with Gasteiger partial charge in [0.2, 0.25) is 5.88 Å². The van der Waals surface area contributed by atoms with Crippen molar-refractivity contribution < 1.29 is 27.9 Å². The van der Waals surface area contributed by atoms with E-state index in [9.17, 15) is 14.0 Å². The molecule has 31 heavy (non-hydrogen) atoms. The van der Waals surface area contributed by atoms with Crippen molar-refractivity contribution in [3.63, 3.8) is 0 Å². The standard InChI is InChI=1S/C21H17ClFN3O5/c1-4-29-20(27)25-19-18(14-8-6-12(24-3)10-17(14)31-19)26(21(28)30-5-2)13-7-9-16(23)15(22)11-13/h6-11H,4-5H2,1-2H3,(H,25,27). The van der Waals surface area contributed by atoms with Gasteiger partial charge in [-0.15, -0.1) is 0 Å². The normalized spacial score (nSPS) is 10.4. The summed E-state index contributed by atoms with van der Waals surface area (Å²) in [6.07, 6.45) is -1.62.